The molecule has 0 radical (unpaired) electrons. The fraction of sp³-hybridized carbons (Fsp3) is 0.545. The molecule has 0 N–H and O–H groups in total. The minimum atomic E-state index is -3.55. The van der Waals surface area contributed by atoms with E-state index in [1.807, 2.05) is 0 Å². The fourth-order valence-corrected chi connectivity index (χ4v) is 3.00. The number of ether oxygens (including phenoxy) is 1. The molecule has 1 rings (SSSR count). The third-order valence-electron chi connectivity index (χ3n) is 2.55. The second-order valence-electron chi connectivity index (χ2n) is 3.66. The van der Waals surface area contributed by atoms with E-state index in [0.29, 0.717) is 11.5 Å². The molecule has 6 nitrogen and oxygen atoms in total. The summed E-state index contributed by atoms with van der Waals surface area (Å²) in [5, 5.41) is 0. The Balaban J connectivity index is 0.00000324. The molecule has 0 fully saturated rings. The van der Waals surface area contributed by atoms with Crippen LogP contribution in [0.4, 0.5) is 0 Å². The van der Waals surface area contributed by atoms with Gasteiger partial charge in [0.2, 0.25) is 0 Å². The number of hydrogen-bond acceptors (Lipinski definition) is 6. The van der Waals surface area contributed by atoms with Crippen LogP contribution in [0.15, 0.2) is 16.5 Å². The molecule has 0 aliphatic rings. The molecule has 0 aliphatic heterocycles. The van der Waals surface area contributed by atoms with Crippen molar-refractivity contribution in [3.05, 3.63) is 23.7 Å². The number of carbonyl (C=O) groups is 1. The summed E-state index contributed by atoms with van der Waals surface area (Å²) >= 11 is 0. The quantitative estimate of drug-likeness (QED) is 0.591. The molecule has 110 valence electrons. The minimum Gasteiger partial charge on any atom is -0.468 e. The molecule has 0 saturated carbocycles. The molecule has 1 heterocycles. The van der Waals surface area contributed by atoms with Gasteiger partial charge in [-0.25, -0.2) is 0 Å². The van der Waals surface area contributed by atoms with Crippen molar-refractivity contribution in [3.63, 3.8) is 0 Å². The molecular weight excluding hydrogens is 299 g/mol. The number of rotatable bonds is 6. The summed E-state index contributed by atoms with van der Waals surface area (Å²) in [5.74, 6) is 0.576. The summed E-state index contributed by atoms with van der Waals surface area (Å²) in [5.41, 5.74) is -1.04. The van der Waals surface area contributed by atoms with Gasteiger partial charge in [0.05, 0.1) is 7.11 Å². The Labute approximate surface area is 142 Å². The van der Waals surface area contributed by atoms with Gasteiger partial charge in [-0.2, -0.15) is 0 Å². The zero-order valence-electron chi connectivity index (χ0n) is 11.2. The molecule has 0 saturated heterocycles. The monoisotopic (exact) mass is 316 g/mol. The SMILES string of the molecule is COC(=O)C(Cc1ccc(C)o1)P(=O)(OC)OC.[Ar]. The van der Waals surface area contributed by atoms with Crippen molar-refractivity contribution in [2.75, 3.05) is 21.3 Å². The van der Waals surface area contributed by atoms with Crippen LogP contribution >= 0.6 is 7.60 Å². The Morgan fingerprint density at radius 1 is 1.32 bits per heavy atom. The van der Waals surface area contributed by atoms with E-state index in [1.54, 1.807) is 19.1 Å². The van der Waals surface area contributed by atoms with Crippen LogP contribution in [0.1, 0.15) is 11.5 Å². The van der Waals surface area contributed by atoms with E-state index in [2.05, 4.69) is 4.74 Å². The van der Waals surface area contributed by atoms with E-state index in [-0.39, 0.29) is 44.2 Å². The number of furan rings is 1. The van der Waals surface area contributed by atoms with Gasteiger partial charge in [0.1, 0.15) is 11.5 Å². The van der Waals surface area contributed by atoms with Gasteiger partial charge in [0.15, 0.2) is 5.66 Å². The minimum absolute atomic E-state index is 0. The van der Waals surface area contributed by atoms with E-state index < -0.39 is 19.2 Å². The Hall–Kier alpha value is 0.160. The van der Waals surface area contributed by atoms with Crippen molar-refractivity contribution >= 4 is 13.6 Å². The first-order valence-corrected chi connectivity index (χ1v) is 6.92. The molecule has 8 heteroatoms. The van der Waals surface area contributed by atoms with Crippen molar-refractivity contribution in [1.29, 1.82) is 0 Å². The van der Waals surface area contributed by atoms with E-state index in [9.17, 15) is 9.36 Å². The zero-order chi connectivity index (χ0) is 13.8. The first-order valence-electron chi connectivity index (χ1n) is 5.31. The Morgan fingerprint density at radius 3 is 2.26 bits per heavy atom. The Bertz CT molecular complexity index is 450. The standard InChI is InChI=1S/C11H17O6P.Ar/c1-8-5-6-9(17-8)7-10(11(12)14-2)18(13,15-3)16-4;/h5-6,10H,7H2,1-4H3;. The van der Waals surface area contributed by atoms with E-state index in [1.165, 1.54) is 21.3 Å². The molecule has 1 aromatic rings. The van der Waals surface area contributed by atoms with Crippen LogP contribution < -0.4 is 0 Å². The topological polar surface area (TPSA) is 75.0 Å². The summed E-state index contributed by atoms with van der Waals surface area (Å²) in [6, 6.07) is 3.47. The van der Waals surface area contributed by atoms with E-state index in [4.69, 9.17) is 13.5 Å². The van der Waals surface area contributed by atoms with Crippen LogP contribution in [0.3, 0.4) is 0 Å². The van der Waals surface area contributed by atoms with Gasteiger partial charge in [-0.15, -0.1) is 0 Å². The molecule has 0 aromatic carbocycles. The van der Waals surface area contributed by atoms with Crippen molar-refractivity contribution < 1.29 is 65.3 Å². The van der Waals surface area contributed by atoms with Gasteiger partial charge >= 0.3 is 13.6 Å². The van der Waals surface area contributed by atoms with E-state index >= 15 is 0 Å². The van der Waals surface area contributed by atoms with Crippen LogP contribution in [0.2, 0.25) is 0 Å². The maximum Gasteiger partial charge on any atom is 0.344 e. The Kier molecular flexibility index (Phi) is 8.52. The number of methoxy groups -OCH3 is 1. The first-order chi connectivity index (χ1) is 8.46. The molecule has 1 unspecified atom stereocenters. The zero-order valence-corrected chi connectivity index (χ0v) is 12.8. The fourth-order valence-electron chi connectivity index (χ4n) is 1.57. The van der Waals surface area contributed by atoms with Crippen LogP contribution in [-0.2, 0) is 29.6 Å². The smallest absolute Gasteiger partial charge is 0.344 e. The number of carbonyl (C=O) groups excluding carboxylic acids is 1. The average Bonchev–Trinajstić information content (AvgIpc) is 2.79. The van der Waals surface area contributed by atoms with Crippen LogP contribution in [-0.4, -0.2) is 33.0 Å². The maximum absolute atomic E-state index is 12.3. The van der Waals surface area contributed by atoms with Crippen molar-refractivity contribution in [1.82, 2.24) is 0 Å². The predicted octanol–water partition coefficient (Wildman–Crippen LogP) is 2.16. The van der Waals surface area contributed by atoms with E-state index in [0.717, 1.165) is 0 Å². The predicted molar refractivity (Wildman–Crippen MR) is 64.6 cm³/mol. The summed E-state index contributed by atoms with van der Waals surface area (Å²) in [6.07, 6.45) is 0.0967. The maximum atomic E-state index is 12.3. The molecule has 1 atom stereocenters. The summed E-state index contributed by atoms with van der Waals surface area (Å²) in [4.78, 5) is 11.7. The van der Waals surface area contributed by atoms with Crippen LogP contribution in [0, 0.1) is 44.7 Å². The van der Waals surface area contributed by atoms with Gasteiger partial charge in [0, 0.05) is 58.4 Å². The van der Waals surface area contributed by atoms with Gasteiger partial charge < -0.3 is 18.2 Å². The molecule has 0 aliphatic carbocycles. The third-order valence-corrected chi connectivity index (χ3v) is 4.73. The third kappa shape index (κ3) is 4.88. The van der Waals surface area contributed by atoms with Gasteiger partial charge in [0.25, 0.3) is 0 Å². The molecular formula is C11H17ArO6P. The second kappa shape index (κ2) is 8.45. The summed E-state index contributed by atoms with van der Waals surface area (Å²) < 4.78 is 31.9. The van der Waals surface area contributed by atoms with Crippen molar-refractivity contribution in [3.8, 4) is 0 Å². The number of esters is 1. The van der Waals surface area contributed by atoms with Crippen LogP contribution in [0.25, 0.3) is 0 Å². The Morgan fingerprint density at radius 2 is 1.89 bits per heavy atom. The summed E-state index contributed by atoms with van der Waals surface area (Å²) in [6.45, 7) is 1.78. The number of hydrogen-bond donors (Lipinski definition) is 0. The van der Waals surface area contributed by atoms with Gasteiger partial charge in [-0.3, -0.25) is 9.36 Å². The average molecular weight is 316 g/mol. The van der Waals surface area contributed by atoms with Gasteiger partial charge in [-0.05, 0) is 19.1 Å². The molecule has 0 spiro atoms. The normalized spacial score (nSPS) is 12.6. The molecule has 0 bridgehead atoms. The first kappa shape index (κ1) is 19.2. The molecule has 1 aromatic heterocycles. The largest absolute Gasteiger partial charge is 0.468 e. The molecule has 0 amide bonds. The van der Waals surface area contributed by atoms with Crippen molar-refractivity contribution in [2.45, 2.75) is 19.0 Å². The second-order valence-corrected chi connectivity index (χ2v) is 6.09. The molecule has 19 heavy (non-hydrogen) atoms. The van der Waals surface area contributed by atoms with Crippen molar-refractivity contribution in [2.24, 2.45) is 0 Å². The van der Waals surface area contributed by atoms with Gasteiger partial charge in [-0.1, -0.05) is 0 Å². The number of aryl methyl sites for hydroxylation is 1. The summed E-state index contributed by atoms with van der Waals surface area (Å²) in [7, 11) is 0.125. The van der Waals surface area contributed by atoms with Crippen LogP contribution in [0.5, 0.6) is 0 Å².